The Hall–Kier alpha value is -1.26. The molecule has 0 aromatic rings. The van der Waals surface area contributed by atoms with E-state index in [-0.39, 0.29) is 32.2 Å². The van der Waals surface area contributed by atoms with Gasteiger partial charge in [0.25, 0.3) is 0 Å². The lowest BCUT2D eigenvalue weighted by Gasteiger charge is -2.20. The predicted octanol–water partition coefficient (Wildman–Crippen LogP) is -0.539. The van der Waals surface area contributed by atoms with Gasteiger partial charge in [-0.2, -0.15) is 0 Å². The number of aliphatic hydroxyl groups is 1. The van der Waals surface area contributed by atoms with Crippen LogP contribution in [0.15, 0.2) is 0 Å². The van der Waals surface area contributed by atoms with Crippen LogP contribution in [0.2, 0.25) is 0 Å². The first kappa shape index (κ1) is 23.7. The normalized spacial score (nSPS) is 10.8. The van der Waals surface area contributed by atoms with E-state index in [2.05, 4.69) is 0 Å². The van der Waals surface area contributed by atoms with Crippen molar-refractivity contribution < 1.29 is 34.0 Å². The first-order valence-corrected chi connectivity index (χ1v) is 8.65. The number of unbranched alkanes of at least 4 members (excludes halogenated alkanes) is 2. The van der Waals surface area contributed by atoms with Crippen molar-refractivity contribution in [3.8, 4) is 0 Å². The van der Waals surface area contributed by atoms with Crippen molar-refractivity contribution in [1.29, 1.82) is 0 Å². The SMILES string of the molecule is NCCCCCC(=O)N(CCOCCOCCOCCO)CC(=O)O. The van der Waals surface area contributed by atoms with Crippen LogP contribution in [0.25, 0.3) is 0 Å². The smallest absolute Gasteiger partial charge is 0.323 e. The molecule has 0 spiro atoms. The molecule has 0 radical (unpaired) electrons. The molecule has 0 rings (SSSR count). The second-order valence-corrected chi connectivity index (χ2v) is 5.37. The van der Waals surface area contributed by atoms with Gasteiger partial charge < -0.3 is 35.1 Å². The molecule has 4 N–H and O–H groups in total. The first-order valence-electron chi connectivity index (χ1n) is 8.65. The Labute approximate surface area is 149 Å². The summed E-state index contributed by atoms with van der Waals surface area (Å²) in [5.74, 6) is -1.22. The van der Waals surface area contributed by atoms with Crippen LogP contribution in [0.3, 0.4) is 0 Å². The summed E-state index contributed by atoms with van der Waals surface area (Å²) >= 11 is 0. The van der Waals surface area contributed by atoms with Gasteiger partial charge in [0.1, 0.15) is 6.54 Å². The van der Waals surface area contributed by atoms with Crippen LogP contribution in [-0.4, -0.2) is 92.9 Å². The largest absolute Gasteiger partial charge is 0.480 e. The molecule has 0 aliphatic heterocycles. The molecule has 9 heteroatoms. The van der Waals surface area contributed by atoms with Gasteiger partial charge in [-0.3, -0.25) is 9.59 Å². The van der Waals surface area contributed by atoms with Crippen LogP contribution in [-0.2, 0) is 23.8 Å². The number of aliphatic hydroxyl groups excluding tert-OH is 1. The fourth-order valence-corrected chi connectivity index (χ4v) is 1.99. The third-order valence-corrected chi connectivity index (χ3v) is 3.26. The van der Waals surface area contributed by atoms with Crippen molar-refractivity contribution in [2.24, 2.45) is 5.73 Å². The minimum absolute atomic E-state index is 0.0122. The summed E-state index contributed by atoms with van der Waals surface area (Å²) in [4.78, 5) is 24.2. The average molecular weight is 364 g/mol. The molecule has 0 aromatic heterocycles. The minimum atomic E-state index is -1.04. The first-order chi connectivity index (χ1) is 12.1. The fraction of sp³-hybridized carbons (Fsp3) is 0.875. The number of carbonyl (C=O) groups excluding carboxylic acids is 1. The molecule has 0 saturated carbocycles. The summed E-state index contributed by atoms with van der Waals surface area (Å²) in [7, 11) is 0. The van der Waals surface area contributed by atoms with Gasteiger partial charge in [-0.25, -0.2) is 0 Å². The van der Waals surface area contributed by atoms with E-state index in [4.69, 9.17) is 30.2 Å². The van der Waals surface area contributed by atoms with Crippen LogP contribution < -0.4 is 5.73 Å². The number of hydrogen-bond acceptors (Lipinski definition) is 7. The van der Waals surface area contributed by atoms with Gasteiger partial charge >= 0.3 is 5.97 Å². The fourth-order valence-electron chi connectivity index (χ4n) is 1.99. The summed E-state index contributed by atoms with van der Waals surface area (Å²) in [5.41, 5.74) is 5.40. The number of nitrogens with zero attached hydrogens (tertiary/aromatic N) is 1. The van der Waals surface area contributed by atoms with Crippen molar-refractivity contribution in [3.05, 3.63) is 0 Å². The Bertz CT molecular complexity index is 342. The van der Waals surface area contributed by atoms with Crippen LogP contribution in [0, 0.1) is 0 Å². The van der Waals surface area contributed by atoms with Crippen LogP contribution >= 0.6 is 0 Å². The Morgan fingerprint density at radius 1 is 0.880 bits per heavy atom. The predicted molar refractivity (Wildman–Crippen MR) is 91.3 cm³/mol. The topological polar surface area (TPSA) is 132 Å². The van der Waals surface area contributed by atoms with E-state index in [1.165, 1.54) is 4.90 Å². The van der Waals surface area contributed by atoms with Gasteiger partial charge in [-0.1, -0.05) is 6.42 Å². The van der Waals surface area contributed by atoms with E-state index < -0.39 is 5.97 Å². The molecule has 0 aliphatic rings. The molecule has 0 saturated heterocycles. The zero-order valence-corrected chi connectivity index (χ0v) is 14.9. The summed E-state index contributed by atoms with van der Waals surface area (Å²) in [6.45, 7) is 2.60. The maximum atomic E-state index is 12.1. The molecule has 1 amide bonds. The van der Waals surface area contributed by atoms with E-state index in [1.807, 2.05) is 0 Å². The lowest BCUT2D eigenvalue weighted by molar-refractivity contribution is -0.145. The van der Waals surface area contributed by atoms with Crippen molar-refractivity contribution in [2.75, 3.05) is 65.9 Å². The van der Waals surface area contributed by atoms with Crippen LogP contribution in [0.1, 0.15) is 25.7 Å². The number of nitrogens with two attached hydrogens (primary N) is 1. The minimum Gasteiger partial charge on any atom is -0.480 e. The highest BCUT2D eigenvalue weighted by Gasteiger charge is 2.16. The van der Waals surface area contributed by atoms with E-state index in [0.29, 0.717) is 52.4 Å². The molecular formula is C16H32N2O7. The number of carbonyl (C=O) groups is 2. The van der Waals surface area contributed by atoms with E-state index >= 15 is 0 Å². The van der Waals surface area contributed by atoms with E-state index in [9.17, 15) is 9.59 Å². The van der Waals surface area contributed by atoms with Gasteiger partial charge in [-0.15, -0.1) is 0 Å². The summed E-state index contributed by atoms with van der Waals surface area (Å²) in [6.07, 6.45) is 2.75. The zero-order chi connectivity index (χ0) is 18.8. The number of carboxylic acids is 1. The molecule has 0 aromatic carbocycles. The standard InChI is InChI=1S/C16H32N2O7/c17-5-3-1-2-4-15(20)18(14-16(21)22)6-8-23-10-12-25-13-11-24-9-7-19/h19H,1-14,17H2,(H,21,22). The van der Waals surface area contributed by atoms with Crippen molar-refractivity contribution in [1.82, 2.24) is 4.90 Å². The van der Waals surface area contributed by atoms with E-state index in [1.54, 1.807) is 0 Å². The van der Waals surface area contributed by atoms with E-state index in [0.717, 1.165) is 12.8 Å². The lowest BCUT2D eigenvalue weighted by atomic mass is 10.2. The van der Waals surface area contributed by atoms with Crippen LogP contribution in [0.5, 0.6) is 0 Å². The summed E-state index contributed by atoms with van der Waals surface area (Å²) in [5, 5.41) is 17.4. The highest BCUT2D eigenvalue weighted by Crippen LogP contribution is 2.03. The highest BCUT2D eigenvalue weighted by atomic mass is 16.5. The Kier molecular flexibility index (Phi) is 16.7. The number of ether oxygens (including phenoxy) is 3. The van der Waals surface area contributed by atoms with Crippen molar-refractivity contribution in [2.45, 2.75) is 25.7 Å². The molecule has 9 nitrogen and oxygen atoms in total. The third kappa shape index (κ3) is 16.0. The Morgan fingerprint density at radius 3 is 2.04 bits per heavy atom. The molecule has 0 unspecified atom stereocenters. The average Bonchev–Trinajstić information content (AvgIpc) is 2.58. The van der Waals surface area contributed by atoms with Gasteiger partial charge in [0.15, 0.2) is 0 Å². The van der Waals surface area contributed by atoms with Crippen molar-refractivity contribution in [3.63, 3.8) is 0 Å². The maximum absolute atomic E-state index is 12.1. The summed E-state index contributed by atoms with van der Waals surface area (Å²) < 4.78 is 15.6. The quantitative estimate of drug-likeness (QED) is 0.276. The van der Waals surface area contributed by atoms with Gasteiger partial charge in [0, 0.05) is 13.0 Å². The monoisotopic (exact) mass is 364 g/mol. The molecule has 0 atom stereocenters. The molecule has 0 heterocycles. The second kappa shape index (κ2) is 17.6. The van der Waals surface area contributed by atoms with Gasteiger partial charge in [0.05, 0.1) is 46.2 Å². The molecule has 0 bridgehead atoms. The van der Waals surface area contributed by atoms with Crippen molar-refractivity contribution >= 4 is 11.9 Å². The number of hydrogen-bond donors (Lipinski definition) is 3. The second-order valence-electron chi connectivity index (χ2n) is 5.37. The van der Waals surface area contributed by atoms with Gasteiger partial charge in [0.2, 0.25) is 5.91 Å². The zero-order valence-electron chi connectivity index (χ0n) is 14.9. The molecule has 25 heavy (non-hydrogen) atoms. The number of aliphatic carboxylic acids is 1. The Balaban J connectivity index is 3.77. The van der Waals surface area contributed by atoms with Crippen LogP contribution in [0.4, 0.5) is 0 Å². The lowest BCUT2D eigenvalue weighted by Crippen LogP contribution is -2.38. The number of amides is 1. The molecule has 0 aliphatic carbocycles. The number of rotatable bonds is 18. The third-order valence-electron chi connectivity index (χ3n) is 3.26. The summed E-state index contributed by atoms with van der Waals surface area (Å²) in [6, 6.07) is 0. The van der Waals surface area contributed by atoms with Gasteiger partial charge in [-0.05, 0) is 19.4 Å². The molecule has 0 fully saturated rings. The maximum Gasteiger partial charge on any atom is 0.323 e. The Morgan fingerprint density at radius 2 is 1.48 bits per heavy atom. The highest BCUT2D eigenvalue weighted by molar-refractivity contribution is 5.81. The molecular weight excluding hydrogens is 332 g/mol. The molecule has 148 valence electrons. The number of carboxylic acid groups (broad SMARTS) is 1.